The number of Topliss-reactive ketones (excluding diaryl/α,β-unsaturated/α-hetero) is 1. The third-order valence-electron chi connectivity index (χ3n) is 3.54. The van der Waals surface area contributed by atoms with Crippen LogP contribution in [0.25, 0.3) is 0 Å². The number of piperazine rings is 1. The molecule has 0 amide bonds. The van der Waals surface area contributed by atoms with Crippen LogP contribution in [0.1, 0.15) is 19.3 Å². The molecule has 4 nitrogen and oxygen atoms in total. The van der Waals surface area contributed by atoms with Gasteiger partial charge < -0.3 is 5.11 Å². The number of aliphatic hydroxyl groups excluding tert-OH is 1. The molecule has 2 rings (SSSR count). The highest BCUT2D eigenvalue weighted by Gasteiger charge is 2.31. The SMILES string of the molecule is O=C1CCCC1N1CCN(CCO)CC1. The van der Waals surface area contributed by atoms with E-state index in [9.17, 15) is 4.79 Å². The van der Waals surface area contributed by atoms with Crippen LogP contribution in [0.5, 0.6) is 0 Å². The Kier molecular flexibility index (Phi) is 3.72. The predicted molar refractivity (Wildman–Crippen MR) is 57.7 cm³/mol. The van der Waals surface area contributed by atoms with Crippen molar-refractivity contribution < 1.29 is 9.90 Å². The largest absolute Gasteiger partial charge is 0.395 e. The molecular formula is C11H20N2O2. The maximum absolute atomic E-state index is 11.6. The van der Waals surface area contributed by atoms with Gasteiger partial charge in [0.1, 0.15) is 5.78 Å². The molecule has 86 valence electrons. The molecule has 0 radical (unpaired) electrons. The summed E-state index contributed by atoms with van der Waals surface area (Å²) in [7, 11) is 0. The summed E-state index contributed by atoms with van der Waals surface area (Å²) >= 11 is 0. The Labute approximate surface area is 90.9 Å². The molecule has 1 N–H and O–H groups in total. The first-order chi connectivity index (χ1) is 7.31. The molecule has 0 spiro atoms. The van der Waals surface area contributed by atoms with Crippen molar-refractivity contribution >= 4 is 5.78 Å². The summed E-state index contributed by atoms with van der Waals surface area (Å²) in [6, 6.07) is 0.210. The molecule has 1 aliphatic carbocycles. The smallest absolute Gasteiger partial charge is 0.149 e. The maximum Gasteiger partial charge on any atom is 0.149 e. The summed E-state index contributed by atoms with van der Waals surface area (Å²) < 4.78 is 0. The Hall–Kier alpha value is -0.450. The first-order valence-corrected chi connectivity index (χ1v) is 5.91. The molecule has 0 aromatic rings. The van der Waals surface area contributed by atoms with Crippen molar-refractivity contribution in [2.45, 2.75) is 25.3 Å². The molecule has 1 saturated carbocycles. The summed E-state index contributed by atoms with van der Waals surface area (Å²) in [5.41, 5.74) is 0. The second-order valence-corrected chi connectivity index (χ2v) is 4.48. The van der Waals surface area contributed by atoms with Gasteiger partial charge in [0, 0.05) is 39.1 Å². The van der Waals surface area contributed by atoms with Crippen molar-refractivity contribution in [2.75, 3.05) is 39.3 Å². The number of ketones is 1. The molecule has 1 saturated heterocycles. The van der Waals surface area contributed by atoms with E-state index in [0.717, 1.165) is 52.0 Å². The number of carbonyl (C=O) groups is 1. The highest BCUT2D eigenvalue weighted by atomic mass is 16.3. The molecule has 1 atom stereocenters. The number of hydrogen-bond donors (Lipinski definition) is 1. The minimum Gasteiger partial charge on any atom is -0.395 e. The normalized spacial score (nSPS) is 29.9. The Morgan fingerprint density at radius 2 is 2.00 bits per heavy atom. The highest BCUT2D eigenvalue weighted by molar-refractivity contribution is 5.85. The number of carbonyl (C=O) groups excluding carboxylic acids is 1. The van der Waals surface area contributed by atoms with Gasteiger partial charge in [-0.1, -0.05) is 0 Å². The van der Waals surface area contributed by atoms with Gasteiger partial charge in [-0.2, -0.15) is 0 Å². The average molecular weight is 212 g/mol. The van der Waals surface area contributed by atoms with E-state index in [4.69, 9.17) is 5.11 Å². The first kappa shape index (κ1) is 11.0. The van der Waals surface area contributed by atoms with Crippen LogP contribution in [0.15, 0.2) is 0 Å². The number of nitrogens with zero attached hydrogens (tertiary/aromatic N) is 2. The second kappa shape index (κ2) is 5.05. The van der Waals surface area contributed by atoms with Gasteiger partial charge in [0.05, 0.1) is 12.6 Å². The van der Waals surface area contributed by atoms with Gasteiger partial charge in [0.25, 0.3) is 0 Å². The summed E-state index contributed by atoms with van der Waals surface area (Å²) in [6.45, 7) is 4.95. The number of β-amino-alcohol motifs (C(OH)–C–C–N with tert-alkyl or cyclic N) is 1. The molecule has 15 heavy (non-hydrogen) atoms. The lowest BCUT2D eigenvalue weighted by atomic mass is 10.1. The van der Waals surface area contributed by atoms with E-state index in [2.05, 4.69) is 9.80 Å². The fourth-order valence-corrected chi connectivity index (χ4v) is 2.62. The van der Waals surface area contributed by atoms with Crippen LogP contribution >= 0.6 is 0 Å². The lowest BCUT2D eigenvalue weighted by molar-refractivity contribution is -0.122. The first-order valence-electron chi connectivity index (χ1n) is 5.91. The minimum absolute atomic E-state index is 0.210. The van der Waals surface area contributed by atoms with Gasteiger partial charge in [-0.3, -0.25) is 14.6 Å². The van der Waals surface area contributed by atoms with Gasteiger partial charge in [-0.25, -0.2) is 0 Å². The van der Waals surface area contributed by atoms with Gasteiger partial charge in [0.2, 0.25) is 0 Å². The zero-order chi connectivity index (χ0) is 10.7. The van der Waals surface area contributed by atoms with Crippen molar-refractivity contribution in [3.05, 3.63) is 0 Å². The number of rotatable bonds is 3. The Morgan fingerprint density at radius 1 is 1.27 bits per heavy atom. The second-order valence-electron chi connectivity index (χ2n) is 4.48. The van der Waals surface area contributed by atoms with Crippen molar-refractivity contribution in [1.82, 2.24) is 9.80 Å². The van der Waals surface area contributed by atoms with Crippen molar-refractivity contribution in [1.29, 1.82) is 0 Å². The topological polar surface area (TPSA) is 43.8 Å². The van der Waals surface area contributed by atoms with E-state index in [-0.39, 0.29) is 12.6 Å². The fourth-order valence-electron chi connectivity index (χ4n) is 2.62. The standard InChI is InChI=1S/C11H20N2O2/c14-9-8-12-4-6-13(7-5-12)10-2-1-3-11(10)15/h10,14H,1-9H2. The molecule has 0 aromatic heterocycles. The van der Waals surface area contributed by atoms with Gasteiger partial charge in [0.15, 0.2) is 0 Å². The average Bonchev–Trinajstić information content (AvgIpc) is 2.66. The maximum atomic E-state index is 11.6. The Balaban J connectivity index is 1.80. The van der Waals surface area contributed by atoms with E-state index in [1.165, 1.54) is 0 Å². The van der Waals surface area contributed by atoms with E-state index in [1.807, 2.05) is 0 Å². The van der Waals surface area contributed by atoms with Crippen LogP contribution in [0.4, 0.5) is 0 Å². The van der Waals surface area contributed by atoms with Crippen LogP contribution in [0.3, 0.4) is 0 Å². The summed E-state index contributed by atoms with van der Waals surface area (Å²) in [5, 5.41) is 8.83. The lowest BCUT2D eigenvalue weighted by Gasteiger charge is -2.37. The third kappa shape index (κ3) is 2.56. The van der Waals surface area contributed by atoms with Crippen LogP contribution in [-0.4, -0.2) is 66.1 Å². The van der Waals surface area contributed by atoms with E-state index < -0.39 is 0 Å². The zero-order valence-electron chi connectivity index (χ0n) is 9.19. The summed E-state index contributed by atoms with van der Waals surface area (Å²) in [6.07, 6.45) is 2.90. The Morgan fingerprint density at radius 3 is 2.53 bits per heavy atom. The van der Waals surface area contributed by atoms with E-state index >= 15 is 0 Å². The number of hydrogen-bond acceptors (Lipinski definition) is 4. The molecule has 4 heteroatoms. The van der Waals surface area contributed by atoms with Crippen molar-refractivity contribution in [3.63, 3.8) is 0 Å². The summed E-state index contributed by atoms with van der Waals surface area (Å²) in [4.78, 5) is 16.2. The molecule has 1 unspecified atom stereocenters. The molecule has 0 bridgehead atoms. The van der Waals surface area contributed by atoms with E-state index in [1.54, 1.807) is 0 Å². The van der Waals surface area contributed by atoms with Crippen LogP contribution in [0.2, 0.25) is 0 Å². The van der Waals surface area contributed by atoms with E-state index in [0.29, 0.717) is 5.78 Å². The van der Waals surface area contributed by atoms with Crippen LogP contribution < -0.4 is 0 Å². The lowest BCUT2D eigenvalue weighted by Crippen LogP contribution is -2.51. The van der Waals surface area contributed by atoms with Gasteiger partial charge >= 0.3 is 0 Å². The monoisotopic (exact) mass is 212 g/mol. The van der Waals surface area contributed by atoms with Crippen molar-refractivity contribution in [3.8, 4) is 0 Å². The van der Waals surface area contributed by atoms with Crippen molar-refractivity contribution in [2.24, 2.45) is 0 Å². The molecule has 0 aromatic carbocycles. The molecule has 2 aliphatic rings. The van der Waals surface area contributed by atoms with Gasteiger partial charge in [-0.05, 0) is 12.8 Å². The zero-order valence-corrected chi connectivity index (χ0v) is 9.19. The Bertz CT molecular complexity index is 225. The molecule has 1 heterocycles. The quantitative estimate of drug-likeness (QED) is 0.698. The minimum atomic E-state index is 0.210. The van der Waals surface area contributed by atoms with Gasteiger partial charge in [-0.15, -0.1) is 0 Å². The van der Waals surface area contributed by atoms with Crippen LogP contribution in [-0.2, 0) is 4.79 Å². The molecule has 2 fully saturated rings. The summed E-state index contributed by atoms with van der Waals surface area (Å²) in [5.74, 6) is 0.436. The molecular weight excluding hydrogens is 192 g/mol. The predicted octanol–water partition coefficient (Wildman–Crippen LogP) is -0.282. The fraction of sp³-hybridized carbons (Fsp3) is 0.909. The highest BCUT2D eigenvalue weighted by Crippen LogP contribution is 2.21. The third-order valence-corrected chi connectivity index (χ3v) is 3.54. The number of aliphatic hydroxyl groups is 1. The molecule has 1 aliphatic heterocycles. The van der Waals surface area contributed by atoms with Crippen LogP contribution in [0, 0.1) is 0 Å².